The Hall–Kier alpha value is -1.04. The zero-order valence-corrected chi connectivity index (χ0v) is 13.0. The molecule has 2 rings (SSSR count). The average molecular weight is 362 g/mol. The minimum atomic E-state index is -0.672. The van der Waals surface area contributed by atoms with Crippen molar-refractivity contribution in [2.24, 2.45) is 0 Å². The monoisotopic (exact) mass is 360 g/mol. The van der Waals surface area contributed by atoms with E-state index in [0.717, 1.165) is 0 Å². The van der Waals surface area contributed by atoms with Gasteiger partial charge in [0.05, 0.1) is 21.2 Å². The van der Waals surface area contributed by atoms with Gasteiger partial charge in [-0.15, -0.1) is 0 Å². The summed E-state index contributed by atoms with van der Waals surface area (Å²) in [5.41, 5.74) is 0.447. The van der Waals surface area contributed by atoms with Crippen molar-refractivity contribution in [1.29, 1.82) is 0 Å². The first-order valence-corrected chi connectivity index (χ1v) is 7.20. The number of benzene rings is 1. The highest BCUT2D eigenvalue weighted by Crippen LogP contribution is 2.30. The SMILES string of the molecule is CCNC(c1ccc(Cl)cn1)c1c(F)ccc(Br)c1F. The number of rotatable bonds is 4. The summed E-state index contributed by atoms with van der Waals surface area (Å²) >= 11 is 8.86. The largest absolute Gasteiger partial charge is 0.305 e. The van der Waals surface area contributed by atoms with Crippen LogP contribution in [0.1, 0.15) is 24.2 Å². The van der Waals surface area contributed by atoms with Gasteiger partial charge in [-0.05, 0) is 46.7 Å². The molecule has 0 saturated heterocycles. The van der Waals surface area contributed by atoms with E-state index >= 15 is 0 Å². The molecule has 0 amide bonds. The smallest absolute Gasteiger partial charge is 0.145 e. The summed E-state index contributed by atoms with van der Waals surface area (Å²) in [4.78, 5) is 4.14. The normalized spacial score (nSPS) is 12.4. The zero-order chi connectivity index (χ0) is 14.7. The van der Waals surface area contributed by atoms with Crippen LogP contribution in [-0.4, -0.2) is 11.5 Å². The third-order valence-electron chi connectivity index (χ3n) is 2.82. The quantitative estimate of drug-likeness (QED) is 0.813. The second-order valence-electron chi connectivity index (χ2n) is 4.15. The number of aromatic nitrogens is 1. The molecular formula is C14H12BrClF2N2. The van der Waals surface area contributed by atoms with Gasteiger partial charge in [-0.25, -0.2) is 8.78 Å². The van der Waals surface area contributed by atoms with E-state index in [4.69, 9.17) is 11.6 Å². The Morgan fingerprint density at radius 3 is 2.65 bits per heavy atom. The van der Waals surface area contributed by atoms with Gasteiger partial charge in [-0.2, -0.15) is 0 Å². The van der Waals surface area contributed by atoms with Crippen molar-refractivity contribution >= 4 is 27.5 Å². The predicted molar refractivity (Wildman–Crippen MR) is 78.8 cm³/mol. The highest BCUT2D eigenvalue weighted by molar-refractivity contribution is 9.10. The third-order valence-corrected chi connectivity index (χ3v) is 3.66. The van der Waals surface area contributed by atoms with E-state index < -0.39 is 17.7 Å². The molecule has 1 aromatic carbocycles. The lowest BCUT2D eigenvalue weighted by atomic mass is 10.0. The number of halogens is 4. The van der Waals surface area contributed by atoms with Gasteiger partial charge in [0, 0.05) is 11.8 Å². The standard InChI is InChI=1S/C14H12BrClF2N2/c1-2-19-14(11-6-3-8(16)7-20-11)12-10(17)5-4-9(15)13(12)18/h3-7,14,19H,2H2,1H3. The molecule has 0 saturated carbocycles. The Morgan fingerprint density at radius 2 is 2.05 bits per heavy atom. The Kier molecular flexibility index (Phi) is 5.07. The molecule has 106 valence electrons. The molecule has 0 aliphatic rings. The van der Waals surface area contributed by atoms with Crippen LogP contribution in [0.15, 0.2) is 34.9 Å². The molecule has 1 N–H and O–H groups in total. The number of nitrogens with zero attached hydrogens (tertiary/aromatic N) is 1. The highest BCUT2D eigenvalue weighted by Gasteiger charge is 2.23. The van der Waals surface area contributed by atoms with Crippen molar-refractivity contribution in [3.05, 3.63) is 62.8 Å². The van der Waals surface area contributed by atoms with Crippen LogP contribution in [0.4, 0.5) is 8.78 Å². The van der Waals surface area contributed by atoms with Crippen molar-refractivity contribution < 1.29 is 8.78 Å². The molecule has 20 heavy (non-hydrogen) atoms. The molecule has 0 fully saturated rings. The van der Waals surface area contributed by atoms with Crippen molar-refractivity contribution in [3.63, 3.8) is 0 Å². The summed E-state index contributed by atoms with van der Waals surface area (Å²) in [5.74, 6) is -1.25. The Labute approximate surface area is 129 Å². The van der Waals surface area contributed by atoms with Crippen LogP contribution in [-0.2, 0) is 0 Å². The van der Waals surface area contributed by atoms with Crippen LogP contribution in [0.3, 0.4) is 0 Å². The summed E-state index contributed by atoms with van der Waals surface area (Å²) < 4.78 is 28.4. The van der Waals surface area contributed by atoms with Gasteiger partial charge in [-0.3, -0.25) is 4.98 Å². The van der Waals surface area contributed by atoms with Crippen LogP contribution < -0.4 is 5.32 Å². The van der Waals surface area contributed by atoms with Gasteiger partial charge in [0.25, 0.3) is 0 Å². The van der Waals surface area contributed by atoms with Gasteiger partial charge < -0.3 is 5.32 Å². The van der Waals surface area contributed by atoms with E-state index in [1.54, 1.807) is 12.1 Å². The summed E-state index contributed by atoms with van der Waals surface area (Å²) in [6, 6.07) is 5.18. The van der Waals surface area contributed by atoms with E-state index in [2.05, 4.69) is 26.2 Å². The second-order valence-corrected chi connectivity index (χ2v) is 5.44. The molecule has 0 aliphatic carbocycles. The highest BCUT2D eigenvalue weighted by atomic mass is 79.9. The summed E-state index contributed by atoms with van der Waals surface area (Å²) in [7, 11) is 0. The maximum atomic E-state index is 14.2. The van der Waals surface area contributed by atoms with Gasteiger partial charge in [0.1, 0.15) is 11.6 Å². The number of pyridine rings is 1. The van der Waals surface area contributed by atoms with Crippen LogP contribution >= 0.6 is 27.5 Å². The molecule has 1 aromatic heterocycles. The molecule has 1 unspecified atom stereocenters. The Bertz CT molecular complexity index is 605. The van der Waals surface area contributed by atoms with E-state index in [9.17, 15) is 8.78 Å². The second kappa shape index (κ2) is 6.61. The molecule has 1 atom stereocenters. The van der Waals surface area contributed by atoms with Crippen LogP contribution in [0.25, 0.3) is 0 Å². The summed E-state index contributed by atoms with van der Waals surface area (Å²) in [6.07, 6.45) is 1.45. The summed E-state index contributed by atoms with van der Waals surface area (Å²) in [6.45, 7) is 2.40. The number of nitrogens with one attached hydrogen (secondary N) is 1. The van der Waals surface area contributed by atoms with Crippen LogP contribution in [0.2, 0.25) is 5.02 Å². The maximum Gasteiger partial charge on any atom is 0.145 e. The third kappa shape index (κ3) is 3.16. The molecular weight excluding hydrogens is 350 g/mol. The number of hydrogen-bond acceptors (Lipinski definition) is 2. The van der Waals surface area contributed by atoms with Crippen molar-refractivity contribution in [2.75, 3.05) is 6.54 Å². The van der Waals surface area contributed by atoms with E-state index in [1.165, 1.54) is 18.3 Å². The topological polar surface area (TPSA) is 24.9 Å². The Balaban J connectivity index is 2.54. The molecule has 1 heterocycles. The van der Waals surface area contributed by atoms with Gasteiger partial charge >= 0.3 is 0 Å². The van der Waals surface area contributed by atoms with E-state index in [1.807, 2.05) is 6.92 Å². The molecule has 6 heteroatoms. The molecule has 0 aliphatic heterocycles. The molecule has 0 radical (unpaired) electrons. The van der Waals surface area contributed by atoms with Crippen molar-refractivity contribution in [3.8, 4) is 0 Å². The zero-order valence-electron chi connectivity index (χ0n) is 10.6. The molecule has 0 bridgehead atoms. The minimum absolute atomic E-state index is 0.0592. The lowest BCUT2D eigenvalue weighted by Gasteiger charge is -2.19. The van der Waals surface area contributed by atoms with Gasteiger partial charge in [-0.1, -0.05) is 18.5 Å². The van der Waals surface area contributed by atoms with Gasteiger partial charge in [0.2, 0.25) is 0 Å². The van der Waals surface area contributed by atoms with E-state index in [0.29, 0.717) is 17.3 Å². The lowest BCUT2D eigenvalue weighted by molar-refractivity contribution is 0.502. The minimum Gasteiger partial charge on any atom is -0.305 e. The molecule has 2 nitrogen and oxygen atoms in total. The van der Waals surface area contributed by atoms with Crippen molar-refractivity contribution in [1.82, 2.24) is 10.3 Å². The maximum absolute atomic E-state index is 14.2. The van der Waals surface area contributed by atoms with Crippen LogP contribution in [0, 0.1) is 11.6 Å². The van der Waals surface area contributed by atoms with Gasteiger partial charge in [0.15, 0.2) is 0 Å². The first-order valence-electron chi connectivity index (χ1n) is 6.02. The summed E-state index contributed by atoms with van der Waals surface area (Å²) in [5, 5.41) is 3.51. The fourth-order valence-electron chi connectivity index (χ4n) is 1.92. The van der Waals surface area contributed by atoms with Crippen molar-refractivity contribution in [2.45, 2.75) is 13.0 Å². The predicted octanol–water partition coefficient (Wildman–Crippen LogP) is 4.47. The molecule has 2 aromatic rings. The fraction of sp³-hybridized carbons (Fsp3) is 0.214. The van der Waals surface area contributed by atoms with E-state index in [-0.39, 0.29) is 10.0 Å². The molecule has 0 spiro atoms. The average Bonchev–Trinajstić information content (AvgIpc) is 2.43. The first kappa shape index (κ1) is 15.4. The number of hydrogen-bond donors (Lipinski definition) is 1. The van der Waals surface area contributed by atoms with Crippen LogP contribution in [0.5, 0.6) is 0 Å². The Morgan fingerprint density at radius 1 is 1.30 bits per heavy atom. The first-order chi connectivity index (χ1) is 9.54. The fourth-order valence-corrected chi connectivity index (χ4v) is 2.38. The lowest BCUT2D eigenvalue weighted by Crippen LogP contribution is -2.25.